The fourth-order valence-corrected chi connectivity index (χ4v) is 3.39. The summed E-state index contributed by atoms with van der Waals surface area (Å²) in [5.74, 6) is 0.122. The molecular formula is C21H23ClN4O4S. The number of aryl methyl sites for hydroxylation is 1. The summed E-state index contributed by atoms with van der Waals surface area (Å²) in [5.41, 5.74) is 2.85. The van der Waals surface area contributed by atoms with Crippen LogP contribution in [0.15, 0.2) is 65.8 Å². The molecule has 0 atom stereocenters. The smallest absolute Gasteiger partial charge is 0.313 e. The van der Waals surface area contributed by atoms with E-state index in [4.69, 9.17) is 16.2 Å². The Bertz CT molecular complexity index is 1140. The second kappa shape index (κ2) is 9.95. The van der Waals surface area contributed by atoms with E-state index < -0.39 is 10.1 Å². The number of carbonyl (C=O) groups excluding carboxylic acids is 1. The van der Waals surface area contributed by atoms with Gasteiger partial charge < -0.3 is 10.2 Å². The van der Waals surface area contributed by atoms with Gasteiger partial charge >= 0.3 is 10.1 Å². The Labute approximate surface area is 186 Å². The van der Waals surface area contributed by atoms with Crippen molar-refractivity contribution in [3.05, 3.63) is 76.9 Å². The minimum atomic E-state index is -4.11. The van der Waals surface area contributed by atoms with Crippen LogP contribution in [0.3, 0.4) is 0 Å². The second-order valence-electron chi connectivity index (χ2n) is 7.01. The molecule has 2 aromatic carbocycles. The Balaban J connectivity index is 0.000000229. The Morgan fingerprint density at radius 2 is 1.87 bits per heavy atom. The van der Waals surface area contributed by atoms with Crippen molar-refractivity contribution in [2.45, 2.75) is 18.0 Å². The van der Waals surface area contributed by atoms with Crippen molar-refractivity contribution in [2.75, 3.05) is 18.4 Å². The van der Waals surface area contributed by atoms with Crippen molar-refractivity contribution in [3.8, 4) is 0 Å². The summed E-state index contributed by atoms with van der Waals surface area (Å²) in [6, 6.07) is 16.6. The van der Waals surface area contributed by atoms with Gasteiger partial charge in [-0.25, -0.2) is 0 Å². The summed E-state index contributed by atoms with van der Waals surface area (Å²) in [4.78, 5) is 14.0. The van der Waals surface area contributed by atoms with Gasteiger partial charge in [0.2, 0.25) is 5.03 Å². The quantitative estimate of drug-likeness (QED) is 0.562. The minimum Gasteiger partial charge on any atom is -0.381 e. The predicted molar refractivity (Wildman–Crippen MR) is 119 cm³/mol. The first-order valence-corrected chi connectivity index (χ1v) is 11.4. The number of amides is 1. The molecule has 0 bridgehead atoms. The van der Waals surface area contributed by atoms with Crippen LogP contribution in [0, 0.1) is 0 Å². The number of aromatic nitrogens is 2. The van der Waals surface area contributed by atoms with Crippen LogP contribution in [-0.2, 0) is 23.7 Å². The molecule has 0 unspecified atom stereocenters. The molecule has 1 aromatic heterocycles. The molecule has 3 aromatic rings. The van der Waals surface area contributed by atoms with Gasteiger partial charge in [-0.3, -0.25) is 14.0 Å². The Kier molecular flexibility index (Phi) is 7.32. The van der Waals surface area contributed by atoms with Crippen LogP contribution in [0.4, 0.5) is 5.69 Å². The third-order valence-electron chi connectivity index (χ3n) is 4.62. The molecule has 1 amide bonds. The number of nitrogens with one attached hydrogen (secondary N) is 1. The van der Waals surface area contributed by atoms with E-state index in [0.29, 0.717) is 6.54 Å². The number of benzene rings is 2. The van der Waals surface area contributed by atoms with Crippen LogP contribution in [0.2, 0.25) is 5.02 Å². The largest absolute Gasteiger partial charge is 0.381 e. The van der Waals surface area contributed by atoms with Crippen molar-refractivity contribution >= 4 is 33.3 Å². The molecule has 1 fully saturated rings. The third-order valence-corrected chi connectivity index (χ3v) is 5.61. The highest BCUT2D eigenvalue weighted by atomic mass is 35.5. The summed E-state index contributed by atoms with van der Waals surface area (Å²) in [5, 5.41) is 7.21. The number of nitrogens with zero attached hydrogens (tertiary/aromatic N) is 3. The van der Waals surface area contributed by atoms with E-state index in [0.717, 1.165) is 41.3 Å². The SMILES string of the molecule is Cn1ccc(S(=O)(=O)O)n1.O=C(c1cccc(NCc2ccc(Cl)cc2)c1)N1CCC1. The van der Waals surface area contributed by atoms with E-state index >= 15 is 0 Å². The first kappa shape index (κ1) is 22.8. The van der Waals surface area contributed by atoms with Gasteiger partial charge in [0.25, 0.3) is 5.91 Å². The lowest BCUT2D eigenvalue weighted by Crippen LogP contribution is -2.42. The van der Waals surface area contributed by atoms with Crippen LogP contribution in [0.25, 0.3) is 0 Å². The molecule has 1 aliphatic rings. The number of carbonyl (C=O) groups is 1. The second-order valence-corrected chi connectivity index (χ2v) is 8.81. The molecule has 8 nitrogen and oxygen atoms in total. The van der Waals surface area contributed by atoms with Gasteiger partial charge in [-0.2, -0.15) is 13.5 Å². The highest BCUT2D eigenvalue weighted by molar-refractivity contribution is 7.85. The van der Waals surface area contributed by atoms with Gasteiger partial charge in [0.1, 0.15) is 0 Å². The fourth-order valence-electron chi connectivity index (χ4n) is 2.80. The molecule has 10 heteroatoms. The molecule has 31 heavy (non-hydrogen) atoms. The molecule has 2 heterocycles. The predicted octanol–water partition coefficient (Wildman–Crippen LogP) is 3.46. The monoisotopic (exact) mass is 462 g/mol. The van der Waals surface area contributed by atoms with Crippen molar-refractivity contribution in [1.29, 1.82) is 0 Å². The summed E-state index contributed by atoms with van der Waals surface area (Å²) >= 11 is 5.87. The molecule has 164 valence electrons. The highest BCUT2D eigenvalue weighted by Crippen LogP contribution is 2.17. The average Bonchev–Trinajstić information content (AvgIpc) is 3.14. The lowest BCUT2D eigenvalue weighted by Gasteiger charge is -2.31. The minimum absolute atomic E-state index is 0.122. The fraction of sp³-hybridized carbons (Fsp3) is 0.238. The number of rotatable bonds is 5. The van der Waals surface area contributed by atoms with Gasteiger partial charge in [-0.1, -0.05) is 29.8 Å². The number of anilines is 1. The lowest BCUT2D eigenvalue weighted by molar-refractivity contribution is 0.0652. The molecule has 0 radical (unpaired) electrons. The van der Waals surface area contributed by atoms with Crippen LogP contribution in [0.1, 0.15) is 22.3 Å². The number of halogens is 1. The summed E-state index contributed by atoms with van der Waals surface area (Å²) in [6.45, 7) is 2.46. The van der Waals surface area contributed by atoms with Crippen molar-refractivity contribution in [1.82, 2.24) is 14.7 Å². The van der Waals surface area contributed by atoms with Crippen molar-refractivity contribution in [3.63, 3.8) is 0 Å². The molecule has 0 aliphatic carbocycles. The lowest BCUT2D eigenvalue weighted by atomic mass is 10.1. The van der Waals surface area contributed by atoms with Gasteiger partial charge in [0.15, 0.2) is 0 Å². The van der Waals surface area contributed by atoms with Gasteiger partial charge in [-0.15, -0.1) is 0 Å². The molecule has 0 saturated carbocycles. The third kappa shape index (κ3) is 6.55. The van der Waals surface area contributed by atoms with E-state index in [2.05, 4.69) is 10.4 Å². The van der Waals surface area contributed by atoms with Crippen LogP contribution in [0.5, 0.6) is 0 Å². The zero-order valence-corrected chi connectivity index (χ0v) is 18.5. The van der Waals surface area contributed by atoms with Crippen LogP contribution >= 0.6 is 11.6 Å². The van der Waals surface area contributed by atoms with Gasteiger partial charge in [-0.05, 0) is 48.4 Å². The first-order valence-electron chi connectivity index (χ1n) is 9.57. The van der Waals surface area contributed by atoms with E-state index in [1.165, 1.54) is 16.9 Å². The molecule has 1 saturated heterocycles. The highest BCUT2D eigenvalue weighted by Gasteiger charge is 2.21. The normalized spacial score (nSPS) is 13.1. The molecule has 0 spiro atoms. The average molecular weight is 463 g/mol. The molecule has 2 N–H and O–H groups in total. The Hall–Kier alpha value is -2.88. The Morgan fingerprint density at radius 3 is 2.39 bits per heavy atom. The van der Waals surface area contributed by atoms with Gasteiger partial charge in [0.05, 0.1) is 0 Å². The standard InChI is InChI=1S/C17H17ClN2O.C4H6N2O3S/c18-15-7-5-13(6-8-15)12-19-16-4-1-3-14(11-16)17(21)20-9-2-10-20;1-6-3-2-4(5-6)10(7,8)9/h1,3-8,11,19H,2,9-10,12H2;2-3H,1H3,(H,7,8,9). The van der Waals surface area contributed by atoms with E-state index in [9.17, 15) is 13.2 Å². The zero-order valence-electron chi connectivity index (χ0n) is 16.9. The van der Waals surface area contributed by atoms with Crippen LogP contribution < -0.4 is 5.32 Å². The maximum atomic E-state index is 12.2. The molecule has 4 rings (SSSR count). The van der Waals surface area contributed by atoms with Crippen molar-refractivity contribution < 1.29 is 17.8 Å². The molecule has 1 aliphatic heterocycles. The number of hydrogen-bond acceptors (Lipinski definition) is 5. The van der Waals surface area contributed by atoms with E-state index in [-0.39, 0.29) is 10.9 Å². The number of hydrogen-bond donors (Lipinski definition) is 2. The van der Waals surface area contributed by atoms with E-state index in [1.807, 2.05) is 53.4 Å². The summed E-state index contributed by atoms with van der Waals surface area (Å²) in [7, 11) is -2.55. The Morgan fingerprint density at radius 1 is 1.16 bits per heavy atom. The van der Waals surface area contributed by atoms with E-state index in [1.54, 1.807) is 7.05 Å². The zero-order chi connectivity index (χ0) is 22.4. The summed E-state index contributed by atoms with van der Waals surface area (Å²) in [6.07, 6.45) is 2.54. The number of likely N-dealkylation sites (tertiary alicyclic amines) is 1. The summed E-state index contributed by atoms with van der Waals surface area (Å²) < 4.78 is 30.3. The maximum Gasteiger partial charge on any atom is 0.313 e. The molecular weight excluding hydrogens is 440 g/mol. The van der Waals surface area contributed by atoms with Gasteiger partial charge in [0, 0.05) is 49.2 Å². The first-order chi connectivity index (χ1) is 14.7. The maximum absolute atomic E-state index is 12.2. The topological polar surface area (TPSA) is 105 Å². The van der Waals surface area contributed by atoms with Crippen molar-refractivity contribution in [2.24, 2.45) is 7.05 Å². The van der Waals surface area contributed by atoms with Crippen LogP contribution in [-0.4, -0.2) is 46.6 Å².